The number of carbonyl (C=O) groups excluding carboxylic acids is 2. The molecule has 1 aromatic heterocycles. The number of carbonyl (C=O) groups is 2. The third kappa shape index (κ3) is 14.1. The van der Waals surface area contributed by atoms with E-state index in [1.807, 2.05) is 0 Å². The highest BCUT2D eigenvalue weighted by molar-refractivity contribution is 7.99. The topological polar surface area (TPSA) is 271 Å². The van der Waals surface area contributed by atoms with E-state index in [9.17, 15) is 89.2 Å². The molecule has 3 unspecified atom stereocenters. The van der Waals surface area contributed by atoms with Crippen LogP contribution in [0.15, 0.2) is 6.20 Å². The summed E-state index contributed by atoms with van der Waals surface area (Å²) >= 11 is 0.562. The summed E-state index contributed by atoms with van der Waals surface area (Å²) in [6.07, 6.45) is -32.2. The SMILES string of the molecule is CC(COCC(F)(F)C(F)(F)F)OC(=O)CC(SCc1cn([C@@H]2O[C@H](CO)[C@@H](O[C@@H]3O[C@H](CO)[C@H](O)[C@H](O)[C@H]3O)[C@H](O)[C@H]2O)nn1)C(=O)OC(C)COCC(F)(F)C(F)(F)F. The molecular formula is C31H43F10N3O16S. The molecule has 2 saturated heterocycles. The molecule has 0 bridgehead atoms. The standard InChI is InChI=1S/C31H43F10N3O16S/c1-12(7-54-10-28(32,33)30(36,37)38)56-18(47)3-17(26(53)57-13(2)8-55-11-29(34,35)31(39,40)41)61-9-14-4-44(43-42-14)25-22(51)21(50)24(16(6-46)58-25)60-27-23(52)20(49)19(48)15(5-45)59-27/h4,12-13,15-17,19-25,27,45-46,48-52H,3,5-11H2,1-2H3/t12?,13?,15-,16-,17?,19+,20+,21-,22-,23-,24-,25-,27+/m1/s1. The third-order valence-electron chi connectivity index (χ3n) is 8.60. The smallest absolute Gasteiger partial charge is 0.455 e. The summed E-state index contributed by atoms with van der Waals surface area (Å²) in [6.45, 7) is -5.84. The molecule has 2 aliphatic heterocycles. The Labute approximate surface area is 341 Å². The zero-order chi connectivity index (χ0) is 46.2. The molecule has 0 spiro atoms. The van der Waals surface area contributed by atoms with E-state index in [1.165, 1.54) is 0 Å². The van der Waals surface area contributed by atoms with Crippen LogP contribution in [0.3, 0.4) is 0 Å². The van der Waals surface area contributed by atoms with Gasteiger partial charge in [0, 0.05) is 5.75 Å². The number of ether oxygens (including phenoxy) is 7. The van der Waals surface area contributed by atoms with Crippen LogP contribution in [0.1, 0.15) is 32.2 Å². The number of halogens is 10. The van der Waals surface area contributed by atoms with Crippen LogP contribution in [0.25, 0.3) is 0 Å². The van der Waals surface area contributed by atoms with Gasteiger partial charge >= 0.3 is 36.1 Å². The molecule has 2 fully saturated rings. The number of nitrogens with zero attached hydrogens (tertiary/aromatic N) is 3. The number of aromatic nitrogens is 3. The Hall–Kier alpha value is -2.75. The van der Waals surface area contributed by atoms with Gasteiger partial charge in [0.05, 0.1) is 44.7 Å². The number of aliphatic hydroxyl groups is 7. The maximum atomic E-state index is 13.2. The molecule has 3 rings (SSSR count). The number of aliphatic hydroxyl groups excluding tert-OH is 7. The summed E-state index contributed by atoms with van der Waals surface area (Å²) in [4.78, 5) is 25.8. The van der Waals surface area contributed by atoms with Crippen molar-refractivity contribution < 1.29 is 122 Å². The second-order valence-corrected chi connectivity index (χ2v) is 14.9. The van der Waals surface area contributed by atoms with E-state index in [-0.39, 0.29) is 11.4 Å². The molecule has 13 atom stereocenters. The molecule has 1 aromatic rings. The first-order valence-corrected chi connectivity index (χ1v) is 18.7. The fraction of sp³-hybridized carbons (Fsp3) is 0.871. The fourth-order valence-electron chi connectivity index (χ4n) is 5.32. The Bertz CT molecular complexity index is 1550. The monoisotopic (exact) mass is 935 g/mol. The predicted molar refractivity (Wildman–Crippen MR) is 176 cm³/mol. The van der Waals surface area contributed by atoms with Crippen molar-refractivity contribution in [2.24, 2.45) is 0 Å². The van der Waals surface area contributed by atoms with Crippen LogP contribution in [-0.4, -0.2) is 199 Å². The fourth-order valence-corrected chi connectivity index (χ4v) is 6.27. The Morgan fingerprint density at radius 3 is 1.84 bits per heavy atom. The lowest BCUT2D eigenvalue weighted by Crippen LogP contribution is -2.63. The van der Waals surface area contributed by atoms with Crippen LogP contribution in [0.2, 0.25) is 0 Å². The maximum Gasteiger partial charge on any atom is 0.455 e. The molecule has 61 heavy (non-hydrogen) atoms. The van der Waals surface area contributed by atoms with Gasteiger partial charge in [0.2, 0.25) is 0 Å². The molecule has 0 radical (unpaired) electrons. The molecule has 7 N–H and O–H groups in total. The minimum atomic E-state index is -5.95. The minimum Gasteiger partial charge on any atom is -0.460 e. The number of alkyl halides is 10. The summed E-state index contributed by atoms with van der Waals surface area (Å²) in [5.74, 6) is -13.4. The van der Waals surface area contributed by atoms with E-state index in [2.05, 4.69) is 19.8 Å². The Balaban J connectivity index is 1.69. The Kier molecular flexibility index (Phi) is 18.8. The van der Waals surface area contributed by atoms with Crippen LogP contribution in [-0.2, 0) is 48.5 Å². The molecule has 2 aliphatic rings. The minimum absolute atomic E-state index is 0.0557. The average molecular weight is 936 g/mol. The van der Waals surface area contributed by atoms with Crippen molar-refractivity contribution >= 4 is 23.7 Å². The van der Waals surface area contributed by atoms with Crippen LogP contribution in [0.5, 0.6) is 0 Å². The zero-order valence-corrected chi connectivity index (χ0v) is 32.4. The van der Waals surface area contributed by atoms with E-state index >= 15 is 0 Å². The number of rotatable bonds is 21. The highest BCUT2D eigenvalue weighted by Crippen LogP contribution is 2.37. The van der Waals surface area contributed by atoms with Crippen molar-refractivity contribution in [3.63, 3.8) is 0 Å². The van der Waals surface area contributed by atoms with Crippen molar-refractivity contribution in [1.82, 2.24) is 15.0 Å². The summed E-state index contributed by atoms with van der Waals surface area (Å²) < 4.78 is 163. The van der Waals surface area contributed by atoms with Crippen molar-refractivity contribution in [2.45, 2.75) is 129 Å². The first kappa shape index (κ1) is 52.6. The van der Waals surface area contributed by atoms with E-state index in [4.69, 9.17) is 23.7 Å². The molecule has 354 valence electrons. The first-order valence-electron chi connectivity index (χ1n) is 17.7. The van der Waals surface area contributed by atoms with Crippen molar-refractivity contribution in [1.29, 1.82) is 0 Å². The van der Waals surface area contributed by atoms with Gasteiger partial charge in [0.1, 0.15) is 79.5 Å². The molecule has 0 amide bonds. The summed E-state index contributed by atoms with van der Waals surface area (Å²) in [5.41, 5.74) is -0.0557. The van der Waals surface area contributed by atoms with Gasteiger partial charge in [-0.2, -0.15) is 43.9 Å². The van der Waals surface area contributed by atoms with Crippen LogP contribution in [0.4, 0.5) is 43.9 Å². The first-order chi connectivity index (χ1) is 28.1. The van der Waals surface area contributed by atoms with Gasteiger partial charge in [-0.15, -0.1) is 16.9 Å². The quantitative estimate of drug-likeness (QED) is 0.0597. The largest absolute Gasteiger partial charge is 0.460 e. The molecule has 30 heteroatoms. The van der Waals surface area contributed by atoms with Gasteiger partial charge in [0.15, 0.2) is 12.5 Å². The number of thioether (sulfide) groups is 1. The molecule has 0 saturated carbocycles. The number of hydrogen-bond acceptors (Lipinski definition) is 19. The lowest BCUT2D eigenvalue weighted by Gasteiger charge is -2.45. The van der Waals surface area contributed by atoms with Gasteiger partial charge in [-0.3, -0.25) is 9.59 Å². The highest BCUT2D eigenvalue weighted by Gasteiger charge is 2.58. The molecular weight excluding hydrogens is 892 g/mol. The molecule has 3 heterocycles. The van der Waals surface area contributed by atoms with Crippen molar-refractivity contribution in [3.05, 3.63) is 11.9 Å². The van der Waals surface area contributed by atoms with Crippen LogP contribution in [0, 0.1) is 0 Å². The van der Waals surface area contributed by atoms with Gasteiger partial charge in [-0.1, -0.05) is 5.21 Å². The maximum absolute atomic E-state index is 13.2. The normalized spacial score (nSPS) is 29.5. The highest BCUT2D eigenvalue weighted by atomic mass is 32.2. The lowest BCUT2D eigenvalue weighted by atomic mass is 9.96. The average Bonchev–Trinajstić information content (AvgIpc) is 3.62. The van der Waals surface area contributed by atoms with Gasteiger partial charge in [-0.25, -0.2) is 4.68 Å². The summed E-state index contributed by atoms with van der Waals surface area (Å²) in [6, 6.07) is 0. The van der Waals surface area contributed by atoms with Gasteiger partial charge < -0.3 is 68.9 Å². The number of hydrogen-bond donors (Lipinski definition) is 7. The van der Waals surface area contributed by atoms with E-state index in [0.29, 0.717) is 11.8 Å². The molecule has 0 aliphatic carbocycles. The lowest BCUT2D eigenvalue weighted by molar-refractivity contribution is -0.347. The number of esters is 2. The van der Waals surface area contributed by atoms with Gasteiger partial charge in [0.25, 0.3) is 0 Å². The van der Waals surface area contributed by atoms with Gasteiger partial charge in [-0.05, 0) is 13.8 Å². The molecule has 19 nitrogen and oxygen atoms in total. The third-order valence-corrected chi connectivity index (χ3v) is 9.82. The second-order valence-electron chi connectivity index (χ2n) is 13.7. The Morgan fingerprint density at radius 2 is 1.31 bits per heavy atom. The predicted octanol–water partition coefficient (Wildman–Crippen LogP) is -0.642. The van der Waals surface area contributed by atoms with Crippen molar-refractivity contribution in [2.75, 3.05) is 39.6 Å². The summed E-state index contributed by atoms with van der Waals surface area (Å²) in [7, 11) is 0. The molecule has 0 aromatic carbocycles. The second kappa shape index (κ2) is 21.8. The van der Waals surface area contributed by atoms with Crippen LogP contribution < -0.4 is 0 Å². The van der Waals surface area contributed by atoms with Crippen molar-refractivity contribution in [3.8, 4) is 0 Å². The zero-order valence-electron chi connectivity index (χ0n) is 31.6. The van der Waals surface area contributed by atoms with E-state index in [1.54, 1.807) is 0 Å². The Morgan fingerprint density at radius 1 is 0.770 bits per heavy atom. The van der Waals surface area contributed by atoms with Crippen LogP contribution >= 0.6 is 11.8 Å². The van der Waals surface area contributed by atoms with E-state index < -0.39 is 161 Å². The van der Waals surface area contributed by atoms with E-state index in [0.717, 1.165) is 24.7 Å². The summed E-state index contributed by atoms with van der Waals surface area (Å²) in [5, 5.41) is 77.6.